The van der Waals surface area contributed by atoms with Crippen molar-refractivity contribution in [3.8, 4) is 11.4 Å². The van der Waals surface area contributed by atoms with Crippen LogP contribution in [0.1, 0.15) is 19.8 Å². The monoisotopic (exact) mass is 353 g/mol. The van der Waals surface area contributed by atoms with E-state index in [4.69, 9.17) is 5.73 Å². The van der Waals surface area contributed by atoms with Crippen molar-refractivity contribution >= 4 is 21.9 Å². The first-order chi connectivity index (χ1) is 10.1. The van der Waals surface area contributed by atoms with E-state index in [2.05, 4.69) is 42.9 Å². The van der Waals surface area contributed by atoms with Crippen LogP contribution >= 0.6 is 15.9 Å². The number of aromatic nitrogens is 3. The third-order valence-electron chi connectivity index (χ3n) is 3.96. The molecule has 112 valence electrons. The second kappa shape index (κ2) is 5.73. The second-order valence-corrected chi connectivity index (χ2v) is 6.20. The highest BCUT2D eigenvalue weighted by molar-refractivity contribution is 9.10. The molecule has 1 saturated heterocycles. The summed E-state index contributed by atoms with van der Waals surface area (Å²) < 4.78 is 13.8. The molecule has 2 atom stereocenters. The summed E-state index contributed by atoms with van der Waals surface area (Å²) in [7, 11) is 0. The molecule has 0 aliphatic carbocycles. The number of nitrogens with one attached hydrogen (secondary N) is 1. The summed E-state index contributed by atoms with van der Waals surface area (Å²) in [5.41, 5.74) is 6.89. The number of anilines is 1. The van der Waals surface area contributed by atoms with Crippen molar-refractivity contribution in [1.82, 2.24) is 15.2 Å². The fourth-order valence-corrected chi connectivity index (χ4v) is 3.18. The van der Waals surface area contributed by atoms with E-state index in [9.17, 15) is 4.39 Å². The van der Waals surface area contributed by atoms with Crippen LogP contribution < -0.4 is 10.6 Å². The van der Waals surface area contributed by atoms with Crippen molar-refractivity contribution in [1.29, 1.82) is 0 Å². The van der Waals surface area contributed by atoms with Crippen LogP contribution in [0.5, 0.6) is 0 Å². The molecule has 1 aliphatic heterocycles. The first kappa shape index (κ1) is 14.5. The minimum Gasteiger partial charge on any atom is -0.335 e. The fraction of sp³-hybridized carbons (Fsp3) is 0.429. The minimum absolute atomic E-state index is 0.137. The van der Waals surface area contributed by atoms with Crippen LogP contribution in [0.15, 0.2) is 22.7 Å². The molecular weight excluding hydrogens is 337 g/mol. The summed E-state index contributed by atoms with van der Waals surface area (Å²) in [4.78, 5) is 6.65. The van der Waals surface area contributed by atoms with Gasteiger partial charge in [-0.1, -0.05) is 0 Å². The van der Waals surface area contributed by atoms with Crippen molar-refractivity contribution in [3.05, 3.63) is 28.5 Å². The first-order valence-electron chi connectivity index (χ1n) is 6.96. The number of H-pyrrole nitrogens is 1. The lowest BCUT2D eigenvalue weighted by Crippen LogP contribution is -2.50. The maximum atomic E-state index is 13.2. The third kappa shape index (κ3) is 2.80. The van der Waals surface area contributed by atoms with Gasteiger partial charge in [0.05, 0.1) is 0 Å². The standard InChI is InChI=1S/C14H17BrFN5/c1-8-12(17)3-2-6-21(8)14-18-13(19-20-14)10-5-4-9(16)7-11(10)15/h4-5,7-8,12H,2-3,6,17H2,1H3,(H,18,19,20). The fourth-order valence-electron chi connectivity index (χ4n) is 2.64. The van der Waals surface area contributed by atoms with Gasteiger partial charge in [0, 0.05) is 28.7 Å². The smallest absolute Gasteiger partial charge is 0.245 e. The van der Waals surface area contributed by atoms with Crippen molar-refractivity contribution in [2.24, 2.45) is 5.73 Å². The molecule has 2 unspecified atom stereocenters. The lowest BCUT2D eigenvalue weighted by atomic mass is 9.99. The van der Waals surface area contributed by atoms with Crippen LogP contribution in [0.25, 0.3) is 11.4 Å². The summed E-state index contributed by atoms with van der Waals surface area (Å²) in [6.07, 6.45) is 2.06. The van der Waals surface area contributed by atoms with E-state index in [1.165, 1.54) is 12.1 Å². The van der Waals surface area contributed by atoms with Crippen molar-refractivity contribution in [2.45, 2.75) is 31.8 Å². The quantitative estimate of drug-likeness (QED) is 0.870. The van der Waals surface area contributed by atoms with Crippen LogP contribution in [0.2, 0.25) is 0 Å². The van der Waals surface area contributed by atoms with Crippen LogP contribution in [0.3, 0.4) is 0 Å². The van der Waals surface area contributed by atoms with E-state index in [0.717, 1.165) is 24.9 Å². The van der Waals surface area contributed by atoms with Crippen molar-refractivity contribution in [2.75, 3.05) is 11.4 Å². The maximum Gasteiger partial charge on any atom is 0.245 e. The molecule has 0 amide bonds. The molecule has 3 N–H and O–H groups in total. The Hall–Kier alpha value is -1.47. The number of piperidine rings is 1. The zero-order valence-electron chi connectivity index (χ0n) is 11.7. The molecule has 2 heterocycles. The Labute approximate surface area is 130 Å². The zero-order chi connectivity index (χ0) is 15.0. The maximum absolute atomic E-state index is 13.2. The Morgan fingerprint density at radius 3 is 3.05 bits per heavy atom. The molecule has 0 bridgehead atoms. The van der Waals surface area contributed by atoms with Gasteiger partial charge in [0.2, 0.25) is 5.95 Å². The molecule has 2 aromatic rings. The highest BCUT2D eigenvalue weighted by atomic mass is 79.9. The van der Waals surface area contributed by atoms with E-state index in [1.54, 1.807) is 6.07 Å². The molecule has 3 rings (SSSR count). The highest BCUT2D eigenvalue weighted by Gasteiger charge is 2.28. The number of aromatic amines is 1. The predicted molar refractivity (Wildman–Crippen MR) is 83.5 cm³/mol. The van der Waals surface area contributed by atoms with Crippen LogP contribution in [-0.4, -0.2) is 33.8 Å². The van der Waals surface area contributed by atoms with Gasteiger partial charge in [-0.15, -0.1) is 5.10 Å². The van der Waals surface area contributed by atoms with Gasteiger partial charge >= 0.3 is 0 Å². The van der Waals surface area contributed by atoms with Crippen LogP contribution in [0.4, 0.5) is 10.3 Å². The van der Waals surface area contributed by atoms with E-state index >= 15 is 0 Å². The SMILES string of the molecule is CC1C(N)CCCN1c1n[nH]c(-c2ccc(F)cc2Br)n1. The summed E-state index contributed by atoms with van der Waals surface area (Å²) >= 11 is 3.35. The van der Waals surface area contributed by atoms with Crippen LogP contribution in [0, 0.1) is 5.82 Å². The highest BCUT2D eigenvalue weighted by Crippen LogP contribution is 2.28. The molecule has 21 heavy (non-hydrogen) atoms. The Balaban J connectivity index is 1.89. The third-order valence-corrected chi connectivity index (χ3v) is 4.62. The van der Waals surface area contributed by atoms with Gasteiger partial charge in [0.15, 0.2) is 5.82 Å². The Bertz CT molecular complexity index is 644. The van der Waals surface area contributed by atoms with Gasteiger partial charge in [-0.25, -0.2) is 4.39 Å². The molecular formula is C14H17BrFN5. The number of nitrogens with two attached hydrogens (primary N) is 1. The van der Waals surface area contributed by atoms with Gasteiger partial charge in [-0.2, -0.15) is 4.98 Å². The van der Waals surface area contributed by atoms with E-state index < -0.39 is 0 Å². The minimum atomic E-state index is -0.291. The molecule has 7 heteroatoms. The first-order valence-corrected chi connectivity index (χ1v) is 7.75. The molecule has 0 saturated carbocycles. The van der Waals surface area contributed by atoms with Gasteiger partial charge < -0.3 is 10.6 Å². The summed E-state index contributed by atoms with van der Waals surface area (Å²) in [5.74, 6) is 0.966. The molecule has 1 aliphatic rings. The summed E-state index contributed by atoms with van der Waals surface area (Å²) in [5, 5.41) is 7.20. The summed E-state index contributed by atoms with van der Waals surface area (Å²) in [6, 6.07) is 4.84. The molecule has 1 fully saturated rings. The van der Waals surface area contributed by atoms with E-state index in [1.807, 2.05) is 0 Å². The number of hydrogen-bond donors (Lipinski definition) is 2. The zero-order valence-corrected chi connectivity index (χ0v) is 13.3. The lowest BCUT2D eigenvalue weighted by molar-refractivity contribution is 0.416. The van der Waals surface area contributed by atoms with Crippen molar-refractivity contribution < 1.29 is 4.39 Å². The average Bonchev–Trinajstić information content (AvgIpc) is 2.91. The Kier molecular flexibility index (Phi) is 3.95. The summed E-state index contributed by atoms with van der Waals surface area (Å²) in [6.45, 7) is 2.99. The second-order valence-electron chi connectivity index (χ2n) is 5.35. The topological polar surface area (TPSA) is 70.8 Å². The van der Waals surface area contributed by atoms with Crippen molar-refractivity contribution in [3.63, 3.8) is 0 Å². The number of nitrogens with zero attached hydrogens (tertiary/aromatic N) is 3. The van der Waals surface area contributed by atoms with E-state index in [-0.39, 0.29) is 17.9 Å². The largest absolute Gasteiger partial charge is 0.335 e. The van der Waals surface area contributed by atoms with Gasteiger partial charge in [0.1, 0.15) is 5.82 Å². The Morgan fingerprint density at radius 1 is 1.48 bits per heavy atom. The lowest BCUT2D eigenvalue weighted by Gasteiger charge is -2.36. The number of hydrogen-bond acceptors (Lipinski definition) is 4. The van der Waals surface area contributed by atoms with Gasteiger partial charge in [-0.3, -0.25) is 5.10 Å². The molecule has 5 nitrogen and oxygen atoms in total. The number of halogens is 2. The molecule has 0 spiro atoms. The predicted octanol–water partition coefficient (Wildman–Crippen LogP) is 2.69. The number of rotatable bonds is 2. The van der Waals surface area contributed by atoms with E-state index in [0.29, 0.717) is 16.2 Å². The van der Waals surface area contributed by atoms with Gasteiger partial charge in [-0.05, 0) is 53.9 Å². The molecule has 1 aromatic carbocycles. The Morgan fingerprint density at radius 2 is 2.29 bits per heavy atom. The normalized spacial score (nSPS) is 22.6. The van der Waals surface area contributed by atoms with Gasteiger partial charge in [0.25, 0.3) is 0 Å². The van der Waals surface area contributed by atoms with Crippen LogP contribution in [-0.2, 0) is 0 Å². The average molecular weight is 354 g/mol. The molecule has 0 radical (unpaired) electrons. The molecule has 1 aromatic heterocycles. The number of benzene rings is 1.